The molecule has 1 aliphatic rings. The van der Waals surface area contributed by atoms with Crippen LogP contribution >= 0.6 is 0 Å². The molecule has 20 heavy (non-hydrogen) atoms. The smallest absolute Gasteiger partial charge is 0.410 e. The molecule has 1 aliphatic heterocycles. The summed E-state index contributed by atoms with van der Waals surface area (Å²) in [7, 11) is 0. The van der Waals surface area contributed by atoms with Crippen LogP contribution in [0.1, 0.15) is 40.5 Å². The minimum absolute atomic E-state index is 0.206. The number of aliphatic imine (C=N–C) groups is 1. The Hall–Kier alpha value is -1.70. The first-order chi connectivity index (χ1) is 9.35. The number of amides is 1. The molecule has 0 aromatic heterocycles. The van der Waals surface area contributed by atoms with Gasteiger partial charge in [0.1, 0.15) is 11.4 Å². The lowest BCUT2D eigenvalue weighted by Gasteiger charge is -2.31. The number of nitrogens with one attached hydrogen (secondary N) is 1. The van der Waals surface area contributed by atoms with E-state index in [0.717, 1.165) is 12.3 Å². The Morgan fingerprint density at radius 2 is 2.30 bits per heavy atom. The number of ether oxygens (including phenoxy) is 1. The van der Waals surface area contributed by atoms with Crippen LogP contribution in [-0.4, -0.2) is 48.1 Å². The molecular formula is C15H25N3O2. The van der Waals surface area contributed by atoms with Gasteiger partial charge >= 0.3 is 6.09 Å². The Morgan fingerprint density at radius 1 is 1.60 bits per heavy atom. The Kier molecular flexibility index (Phi) is 5.87. The van der Waals surface area contributed by atoms with Gasteiger partial charge in [-0.2, -0.15) is 0 Å². The third-order valence-electron chi connectivity index (χ3n) is 2.89. The standard InChI is InChI=1S/C15H25N3O2/c1-6-8-12(7-2)17-13-11-18(10-9-16-13)14(19)20-15(3,4)5/h1,12H,7-11H2,2-5H3,(H,16,17). The van der Waals surface area contributed by atoms with Gasteiger partial charge in [0.2, 0.25) is 0 Å². The van der Waals surface area contributed by atoms with Crippen molar-refractivity contribution in [3.05, 3.63) is 0 Å². The molecule has 0 saturated heterocycles. The van der Waals surface area contributed by atoms with Crippen molar-refractivity contribution >= 4 is 11.9 Å². The van der Waals surface area contributed by atoms with Gasteiger partial charge < -0.3 is 10.1 Å². The van der Waals surface area contributed by atoms with Crippen molar-refractivity contribution in [2.75, 3.05) is 19.6 Å². The largest absolute Gasteiger partial charge is 0.444 e. The summed E-state index contributed by atoms with van der Waals surface area (Å²) in [6.45, 7) is 9.30. The normalized spacial score (nSPS) is 16.9. The van der Waals surface area contributed by atoms with Crippen LogP contribution < -0.4 is 5.32 Å². The van der Waals surface area contributed by atoms with Crippen LogP contribution in [0.3, 0.4) is 0 Å². The van der Waals surface area contributed by atoms with Crippen molar-refractivity contribution < 1.29 is 9.53 Å². The van der Waals surface area contributed by atoms with Gasteiger partial charge in [0.25, 0.3) is 0 Å². The van der Waals surface area contributed by atoms with Crippen molar-refractivity contribution in [3.8, 4) is 12.3 Å². The van der Waals surface area contributed by atoms with E-state index < -0.39 is 5.60 Å². The highest BCUT2D eigenvalue weighted by Crippen LogP contribution is 2.11. The summed E-state index contributed by atoms with van der Waals surface area (Å²) in [6.07, 6.45) is 6.63. The molecule has 112 valence electrons. The van der Waals surface area contributed by atoms with Gasteiger partial charge in [-0.15, -0.1) is 12.3 Å². The molecule has 1 N–H and O–H groups in total. The fraction of sp³-hybridized carbons (Fsp3) is 0.733. The van der Waals surface area contributed by atoms with Crippen LogP contribution in [0.15, 0.2) is 4.99 Å². The average molecular weight is 279 g/mol. The van der Waals surface area contributed by atoms with Crippen LogP contribution in [0.5, 0.6) is 0 Å². The maximum atomic E-state index is 12.0. The van der Waals surface area contributed by atoms with Crippen LogP contribution in [0.25, 0.3) is 0 Å². The summed E-state index contributed by atoms with van der Waals surface area (Å²) >= 11 is 0. The molecule has 1 unspecified atom stereocenters. The van der Waals surface area contributed by atoms with Gasteiger partial charge in [-0.05, 0) is 27.2 Å². The highest BCUT2D eigenvalue weighted by molar-refractivity contribution is 5.88. The van der Waals surface area contributed by atoms with E-state index in [4.69, 9.17) is 11.2 Å². The maximum absolute atomic E-state index is 12.0. The number of amidine groups is 1. The van der Waals surface area contributed by atoms with Crippen molar-refractivity contribution in [1.29, 1.82) is 0 Å². The molecule has 5 nitrogen and oxygen atoms in total. The minimum Gasteiger partial charge on any atom is -0.444 e. The fourth-order valence-corrected chi connectivity index (χ4v) is 1.86. The van der Waals surface area contributed by atoms with Gasteiger partial charge in [-0.25, -0.2) is 4.79 Å². The van der Waals surface area contributed by atoms with Gasteiger partial charge in [-0.1, -0.05) is 6.92 Å². The summed E-state index contributed by atoms with van der Waals surface area (Å²) in [4.78, 5) is 18.1. The second kappa shape index (κ2) is 7.18. The van der Waals surface area contributed by atoms with Gasteiger partial charge in [-0.3, -0.25) is 9.89 Å². The van der Waals surface area contributed by atoms with Gasteiger partial charge in [0, 0.05) is 19.0 Å². The quantitative estimate of drug-likeness (QED) is 0.804. The van der Waals surface area contributed by atoms with Crippen LogP contribution in [0.2, 0.25) is 0 Å². The van der Waals surface area contributed by atoms with E-state index in [0.29, 0.717) is 26.1 Å². The third kappa shape index (κ3) is 5.52. The molecule has 1 atom stereocenters. The van der Waals surface area contributed by atoms with E-state index in [1.807, 2.05) is 20.8 Å². The Bertz CT molecular complexity index is 404. The third-order valence-corrected chi connectivity index (χ3v) is 2.89. The molecule has 0 spiro atoms. The van der Waals surface area contributed by atoms with Crippen molar-refractivity contribution in [2.45, 2.75) is 52.2 Å². The van der Waals surface area contributed by atoms with E-state index in [2.05, 4.69) is 23.2 Å². The van der Waals surface area contributed by atoms with Crippen molar-refractivity contribution in [2.24, 2.45) is 4.99 Å². The molecule has 0 aromatic carbocycles. The first kappa shape index (κ1) is 16.4. The SMILES string of the molecule is C#CCC(CC)NC1=NCCN(C(=O)OC(C)(C)C)C1. The zero-order valence-corrected chi connectivity index (χ0v) is 12.9. The molecule has 0 fully saturated rings. The Labute approximate surface area is 121 Å². The van der Waals surface area contributed by atoms with Crippen molar-refractivity contribution in [1.82, 2.24) is 10.2 Å². The zero-order chi connectivity index (χ0) is 15.2. The molecule has 5 heteroatoms. The summed E-state index contributed by atoms with van der Waals surface area (Å²) < 4.78 is 5.38. The lowest BCUT2D eigenvalue weighted by molar-refractivity contribution is 0.0276. The Morgan fingerprint density at radius 3 is 2.85 bits per heavy atom. The number of nitrogens with zero attached hydrogens (tertiary/aromatic N) is 2. The van der Waals surface area contributed by atoms with Crippen LogP contribution in [0, 0.1) is 12.3 Å². The van der Waals surface area contributed by atoms with E-state index in [1.54, 1.807) is 4.90 Å². The monoisotopic (exact) mass is 279 g/mol. The Balaban J connectivity index is 2.56. The molecule has 1 heterocycles. The second-order valence-electron chi connectivity index (χ2n) is 5.89. The highest BCUT2D eigenvalue weighted by atomic mass is 16.6. The number of hydrogen-bond donors (Lipinski definition) is 1. The topological polar surface area (TPSA) is 53.9 Å². The summed E-state index contributed by atoms with van der Waals surface area (Å²) in [6, 6.07) is 0.206. The predicted molar refractivity (Wildman–Crippen MR) is 80.8 cm³/mol. The minimum atomic E-state index is -0.477. The number of hydrogen-bond acceptors (Lipinski definition) is 4. The first-order valence-electron chi connectivity index (χ1n) is 7.07. The molecule has 0 bridgehead atoms. The summed E-state index contributed by atoms with van der Waals surface area (Å²) in [5.74, 6) is 3.46. The molecule has 0 aliphatic carbocycles. The molecule has 0 radical (unpaired) electrons. The maximum Gasteiger partial charge on any atom is 0.410 e. The van der Waals surface area contributed by atoms with E-state index in [-0.39, 0.29) is 12.1 Å². The fourth-order valence-electron chi connectivity index (χ4n) is 1.86. The molecule has 0 aromatic rings. The number of carbonyl (C=O) groups is 1. The lowest BCUT2D eigenvalue weighted by atomic mass is 10.1. The van der Waals surface area contributed by atoms with E-state index >= 15 is 0 Å². The number of carbonyl (C=O) groups excluding carboxylic acids is 1. The van der Waals surface area contributed by atoms with E-state index in [9.17, 15) is 4.79 Å². The zero-order valence-electron chi connectivity index (χ0n) is 12.9. The van der Waals surface area contributed by atoms with E-state index in [1.165, 1.54) is 0 Å². The summed E-state index contributed by atoms with van der Waals surface area (Å²) in [5, 5.41) is 3.31. The lowest BCUT2D eigenvalue weighted by Crippen LogP contribution is -2.49. The first-order valence-corrected chi connectivity index (χ1v) is 7.07. The summed E-state index contributed by atoms with van der Waals surface area (Å²) in [5.41, 5.74) is -0.477. The van der Waals surface area contributed by atoms with Crippen molar-refractivity contribution in [3.63, 3.8) is 0 Å². The predicted octanol–water partition coefficient (Wildman–Crippen LogP) is 2.03. The van der Waals surface area contributed by atoms with Gasteiger partial charge in [0.15, 0.2) is 0 Å². The van der Waals surface area contributed by atoms with Crippen LogP contribution in [0.4, 0.5) is 4.79 Å². The molecule has 0 saturated carbocycles. The van der Waals surface area contributed by atoms with Gasteiger partial charge in [0.05, 0.1) is 13.1 Å². The molecule has 1 amide bonds. The highest BCUT2D eigenvalue weighted by Gasteiger charge is 2.25. The molecular weight excluding hydrogens is 254 g/mol. The number of terminal acetylenes is 1. The van der Waals surface area contributed by atoms with Crippen LogP contribution in [-0.2, 0) is 4.74 Å². The second-order valence-corrected chi connectivity index (χ2v) is 5.89. The average Bonchev–Trinajstić information content (AvgIpc) is 2.36. The molecule has 1 rings (SSSR count). The number of rotatable bonds is 3.